The Morgan fingerprint density at radius 1 is 1.39 bits per heavy atom. The summed E-state index contributed by atoms with van der Waals surface area (Å²) in [5, 5.41) is 4.31. The van der Waals surface area contributed by atoms with Gasteiger partial charge in [-0.3, -0.25) is 4.68 Å². The first-order valence-corrected chi connectivity index (χ1v) is 7.01. The second-order valence-corrected chi connectivity index (χ2v) is 5.34. The molecule has 0 aliphatic heterocycles. The molecule has 0 saturated heterocycles. The highest BCUT2D eigenvalue weighted by molar-refractivity contribution is 9.10. The Bertz CT molecular complexity index is 507. The average molecular weight is 308 g/mol. The molecule has 1 aromatic heterocycles. The number of aryl methyl sites for hydroxylation is 1. The standard InChI is InChI=1S/C14H18BrN3/c1-2-8-18-14(6-7-17-18)13(16)10-11-4-3-5-12(15)9-11/h3-7,9,13H,2,8,10,16H2,1H3. The topological polar surface area (TPSA) is 43.8 Å². The number of hydrogen-bond donors (Lipinski definition) is 1. The van der Waals surface area contributed by atoms with Gasteiger partial charge in [0.1, 0.15) is 0 Å². The summed E-state index contributed by atoms with van der Waals surface area (Å²) in [6.45, 7) is 3.07. The van der Waals surface area contributed by atoms with E-state index in [4.69, 9.17) is 5.73 Å². The van der Waals surface area contributed by atoms with Crippen molar-refractivity contribution in [1.82, 2.24) is 9.78 Å². The van der Waals surface area contributed by atoms with E-state index in [0.29, 0.717) is 0 Å². The molecule has 2 N–H and O–H groups in total. The second kappa shape index (κ2) is 6.16. The van der Waals surface area contributed by atoms with E-state index in [1.807, 2.05) is 29.1 Å². The molecule has 0 aliphatic carbocycles. The van der Waals surface area contributed by atoms with Crippen molar-refractivity contribution < 1.29 is 0 Å². The van der Waals surface area contributed by atoms with Crippen molar-refractivity contribution >= 4 is 15.9 Å². The molecule has 0 spiro atoms. The van der Waals surface area contributed by atoms with Crippen LogP contribution in [-0.2, 0) is 13.0 Å². The molecular weight excluding hydrogens is 290 g/mol. The van der Waals surface area contributed by atoms with Crippen molar-refractivity contribution in [3.8, 4) is 0 Å². The average Bonchev–Trinajstić information content (AvgIpc) is 2.78. The molecule has 4 heteroatoms. The zero-order chi connectivity index (χ0) is 13.0. The largest absolute Gasteiger partial charge is 0.322 e. The summed E-state index contributed by atoms with van der Waals surface area (Å²) < 4.78 is 3.09. The van der Waals surface area contributed by atoms with Gasteiger partial charge in [-0.15, -0.1) is 0 Å². The highest BCUT2D eigenvalue weighted by Crippen LogP contribution is 2.19. The number of nitrogens with zero attached hydrogens (tertiary/aromatic N) is 2. The first-order valence-electron chi connectivity index (χ1n) is 6.22. The zero-order valence-electron chi connectivity index (χ0n) is 10.5. The molecule has 0 radical (unpaired) electrons. The van der Waals surface area contributed by atoms with Crippen LogP contribution in [0.15, 0.2) is 41.0 Å². The van der Waals surface area contributed by atoms with Crippen LogP contribution in [0.5, 0.6) is 0 Å². The molecule has 0 amide bonds. The van der Waals surface area contributed by atoms with E-state index in [9.17, 15) is 0 Å². The minimum Gasteiger partial charge on any atom is -0.322 e. The fourth-order valence-electron chi connectivity index (χ4n) is 2.08. The fourth-order valence-corrected chi connectivity index (χ4v) is 2.53. The summed E-state index contributed by atoms with van der Waals surface area (Å²) in [6.07, 6.45) is 3.72. The SMILES string of the molecule is CCCn1nccc1C(N)Cc1cccc(Br)c1. The molecule has 0 aliphatic rings. The maximum absolute atomic E-state index is 6.28. The van der Waals surface area contributed by atoms with Gasteiger partial charge >= 0.3 is 0 Å². The monoisotopic (exact) mass is 307 g/mol. The molecule has 96 valence electrons. The summed E-state index contributed by atoms with van der Waals surface area (Å²) in [4.78, 5) is 0. The molecule has 1 atom stereocenters. The quantitative estimate of drug-likeness (QED) is 0.921. The van der Waals surface area contributed by atoms with Crippen LogP contribution in [0.3, 0.4) is 0 Å². The Kier molecular flexibility index (Phi) is 4.55. The van der Waals surface area contributed by atoms with E-state index in [0.717, 1.165) is 29.6 Å². The van der Waals surface area contributed by atoms with Crippen LogP contribution < -0.4 is 5.73 Å². The van der Waals surface area contributed by atoms with E-state index in [-0.39, 0.29) is 6.04 Å². The lowest BCUT2D eigenvalue weighted by atomic mass is 10.0. The van der Waals surface area contributed by atoms with E-state index >= 15 is 0 Å². The van der Waals surface area contributed by atoms with Gasteiger partial charge in [-0.25, -0.2) is 0 Å². The van der Waals surface area contributed by atoms with Crippen molar-refractivity contribution in [2.75, 3.05) is 0 Å². The van der Waals surface area contributed by atoms with E-state index in [1.54, 1.807) is 0 Å². The smallest absolute Gasteiger partial charge is 0.0554 e. The molecule has 3 nitrogen and oxygen atoms in total. The lowest BCUT2D eigenvalue weighted by Crippen LogP contribution is -2.18. The number of benzene rings is 1. The van der Waals surface area contributed by atoms with Gasteiger partial charge in [0.05, 0.1) is 11.7 Å². The molecule has 1 unspecified atom stereocenters. The Hall–Kier alpha value is -1.13. The highest BCUT2D eigenvalue weighted by atomic mass is 79.9. The Labute approximate surface area is 116 Å². The number of hydrogen-bond acceptors (Lipinski definition) is 2. The van der Waals surface area contributed by atoms with Crippen molar-refractivity contribution in [1.29, 1.82) is 0 Å². The Morgan fingerprint density at radius 2 is 2.22 bits per heavy atom. The minimum atomic E-state index is -0.00616. The Balaban J connectivity index is 2.11. The maximum Gasteiger partial charge on any atom is 0.0554 e. The van der Waals surface area contributed by atoms with Crippen LogP contribution in [-0.4, -0.2) is 9.78 Å². The third-order valence-corrected chi connectivity index (χ3v) is 3.40. The fraction of sp³-hybridized carbons (Fsp3) is 0.357. The first kappa shape index (κ1) is 13.3. The molecule has 0 bridgehead atoms. The number of rotatable bonds is 5. The molecule has 1 heterocycles. The molecule has 0 saturated carbocycles. The van der Waals surface area contributed by atoms with Gasteiger partial charge in [-0.05, 0) is 36.6 Å². The molecular formula is C14H18BrN3. The van der Waals surface area contributed by atoms with Gasteiger partial charge in [0.2, 0.25) is 0 Å². The summed E-state index contributed by atoms with van der Waals surface area (Å²) >= 11 is 3.48. The van der Waals surface area contributed by atoms with Crippen LogP contribution in [0.4, 0.5) is 0 Å². The van der Waals surface area contributed by atoms with Gasteiger partial charge in [0, 0.05) is 17.2 Å². The van der Waals surface area contributed by atoms with Crippen LogP contribution in [0.2, 0.25) is 0 Å². The molecule has 1 aromatic carbocycles. The van der Waals surface area contributed by atoms with Crippen LogP contribution in [0.1, 0.15) is 30.6 Å². The first-order chi connectivity index (χ1) is 8.70. The van der Waals surface area contributed by atoms with E-state index in [1.165, 1.54) is 5.56 Å². The van der Waals surface area contributed by atoms with Crippen LogP contribution >= 0.6 is 15.9 Å². The van der Waals surface area contributed by atoms with Crippen molar-refractivity contribution in [3.05, 3.63) is 52.3 Å². The molecule has 2 aromatic rings. The zero-order valence-corrected chi connectivity index (χ0v) is 12.1. The lowest BCUT2D eigenvalue weighted by molar-refractivity contribution is 0.537. The Morgan fingerprint density at radius 3 is 2.94 bits per heavy atom. The molecule has 2 rings (SSSR count). The number of aromatic nitrogens is 2. The third kappa shape index (κ3) is 3.21. The maximum atomic E-state index is 6.28. The summed E-state index contributed by atoms with van der Waals surface area (Å²) in [5.74, 6) is 0. The van der Waals surface area contributed by atoms with Gasteiger partial charge in [-0.1, -0.05) is 35.0 Å². The predicted octanol–water partition coefficient (Wildman–Crippen LogP) is 3.30. The molecule has 0 fully saturated rings. The van der Waals surface area contributed by atoms with Gasteiger partial charge in [0.15, 0.2) is 0 Å². The highest BCUT2D eigenvalue weighted by Gasteiger charge is 2.12. The number of halogens is 1. The van der Waals surface area contributed by atoms with Gasteiger partial charge < -0.3 is 5.73 Å². The van der Waals surface area contributed by atoms with E-state index < -0.39 is 0 Å². The summed E-state index contributed by atoms with van der Waals surface area (Å²) in [7, 11) is 0. The lowest BCUT2D eigenvalue weighted by Gasteiger charge is -2.14. The van der Waals surface area contributed by atoms with Crippen molar-refractivity contribution in [3.63, 3.8) is 0 Å². The second-order valence-electron chi connectivity index (χ2n) is 4.42. The van der Waals surface area contributed by atoms with Crippen LogP contribution in [0.25, 0.3) is 0 Å². The van der Waals surface area contributed by atoms with Crippen LogP contribution in [0, 0.1) is 0 Å². The van der Waals surface area contributed by atoms with Gasteiger partial charge in [0.25, 0.3) is 0 Å². The summed E-state index contributed by atoms with van der Waals surface area (Å²) in [5.41, 5.74) is 8.62. The molecule has 18 heavy (non-hydrogen) atoms. The predicted molar refractivity (Wildman–Crippen MR) is 77.3 cm³/mol. The normalized spacial score (nSPS) is 12.6. The van der Waals surface area contributed by atoms with E-state index in [2.05, 4.69) is 40.1 Å². The van der Waals surface area contributed by atoms with Gasteiger partial charge in [-0.2, -0.15) is 5.10 Å². The minimum absolute atomic E-state index is 0.00616. The summed E-state index contributed by atoms with van der Waals surface area (Å²) in [6, 6.07) is 10.3. The van der Waals surface area contributed by atoms with Crippen molar-refractivity contribution in [2.45, 2.75) is 32.4 Å². The number of nitrogens with two attached hydrogens (primary N) is 1. The van der Waals surface area contributed by atoms with Crippen molar-refractivity contribution in [2.24, 2.45) is 5.73 Å². The third-order valence-electron chi connectivity index (χ3n) is 2.91.